The van der Waals surface area contributed by atoms with Crippen LogP contribution in [0.2, 0.25) is 0 Å². The monoisotopic (exact) mass is 144 g/mol. The van der Waals surface area contributed by atoms with Gasteiger partial charge in [-0.1, -0.05) is 0 Å². The average molecular weight is 144 g/mol. The van der Waals surface area contributed by atoms with Gasteiger partial charge in [0.15, 0.2) is 0 Å². The highest BCUT2D eigenvalue weighted by Crippen LogP contribution is 1.74. The number of nitrogens with one attached hydrogen (secondary N) is 2. The normalized spacial score (nSPS) is 8.60. The molecule has 0 aromatic carbocycles. The molecule has 0 heterocycles. The number of nitrogens with two attached hydrogens (primary N) is 1. The topological polar surface area (TPSA) is 82.2 Å². The van der Waals surface area contributed by atoms with Crippen LogP contribution in [-0.2, 0) is 0 Å². The van der Waals surface area contributed by atoms with Gasteiger partial charge in [-0.2, -0.15) is 0 Å². The van der Waals surface area contributed by atoms with Crippen molar-refractivity contribution in [1.82, 2.24) is 10.2 Å². The van der Waals surface area contributed by atoms with Crippen LogP contribution in [0.1, 0.15) is 0 Å². The summed E-state index contributed by atoms with van der Waals surface area (Å²) < 4.78 is 0. The molecule has 0 aliphatic heterocycles. The van der Waals surface area contributed by atoms with Crippen molar-refractivity contribution in [2.75, 3.05) is 20.6 Å². The third kappa shape index (κ3) is 3.71. The molecule has 0 atom stereocenters. The maximum Gasteiger partial charge on any atom is 0.317 e. The fourth-order valence-corrected chi connectivity index (χ4v) is 0.329. The second-order valence-corrected chi connectivity index (χ2v) is 2.08. The fraction of sp³-hybridized carbons (Fsp3) is 0.600. The summed E-state index contributed by atoms with van der Waals surface area (Å²) in [5, 5.41) is 9.19. The summed E-state index contributed by atoms with van der Waals surface area (Å²) in [6, 6.07) is -0.241. The van der Waals surface area contributed by atoms with E-state index in [1.807, 2.05) is 0 Å². The van der Waals surface area contributed by atoms with Crippen LogP contribution >= 0.6 is 0 Å². The Bertz CT molecular complexity index is 143. The Morgan fingerprint density at radius 2 is 2.20 bits per heavy atom. The van der Waals surface area contributed by atoms with Crippen molar-refractivity contribution >= 4 is 11.9 Å². The van der Waals surface area contributed by atoms with Gasteiger partial charge in [0.25, 0.3) is 0 Å². The van der Waals surface area contributed by atoms with E-state index in [1.54, 1.807) is 14.1 Å². The van der Waals surface area contributed by atoms with Crippen molar-refractivity contribution in [1.29, 1.82) is 5.41 Å². The Morgan fingerprint density at radius 1 is 1.70 bits per heavy atom. The number of nitrogens with zero attached hydrogens (tertiary/aromatic N) is 1. The van der Waals surface area contributed by atoms with Crippen molar-refractivity contribution in [2.45, 2.75) is 0 Å². The second-order valence-electron chi connectivity index (χ2n) is 2.08. The number of rotatable bonds is 2. The van der Waals surface area contributed by atoms with E-state index in [-0.39, 0.29) is 18.4 Å². The van der Waals surface area contributed by atoms with Gasteiger partial charge in [-0.25, -0.2) is 4.79 Å². The molecule has 0 unspecified atom stereocenters. The van der Waals surface area contributed by atoms with Gasteiger partial charge in [0, 0.05) is 14.1 Å². The van der Waals surface area contributed by atoms with Crippen molar-refractivity contribution in [3.8, 4) is 0 Å². The molecule has 5 heteroatoms. The van der Waals surface area contributed by atoms with E-state index in [9.17, 15) is 4.79 Å². The molecule has 4 N–H and O–H groups in total. The Morgan fingerprint density at radius 3 is 2.50 bits per heavy atom. The van der Waals surface area contributed by atoms with Gasteiger partial charge in [-0.3, -0.25) is 5.41 Å². The highest BCUT2D eigenvalue weighted by molar-refractivity contribution is 5.84. The van der Waals surface area contributed by atoms with Crippen LogP contribution in [-0.4, -0.2) is 37.4 Å². The number of amidine groups is 1. The zero-order valence-corrected chi connectivity index (χ0v) is 6.14. The molecular formula is C5H12N4O. The minimum atomic E-state index is -0.241. The minimum absolute atomic E-state index is 0.0461. The first-order chi connectivity index (χ1) is 4.54. The summed E-state index contributed by atoms with van der Waals surface area (Å²) in [5.74, 6) is -0.0461. The molecular weight excluding hydrogens is 132 g/mol. The largest absolute Gasteiger partial charge is 0.386 e. The molecule has 0 saturated heterocycles. The Kier molecular flexibility index (Phi) is 3.24. The van der Waals surface area contributed by atoms with Gasteiger partial charge in [0.2, 0.25) is 0 Å². The van der Waals surface area contributed by atoms with E-state index in [0.717, 1.165) is 0 Å². The lowest BCUT2D eigenvalue weighted by Gasteiger charge is -2.10. The minimum Gasteiger partial charge on any atom is -0.386 e. The predicted molar refractivity (Wildman–Crippen MR) is 39.0 cm³/mol. The summed E-state index contributed by atoms with van der Waals surface area (Å²) in [4.78, 5) is 12.1. The number of amides is 2. The number of hydrogen-bond acceptors (Lipinski definition) is 2. The van der Waals surface area contributed by atoms with E-state index >= 15 is 0 Å². The summed E-state index contributed by atoms with van der Waals surface area (Å²) in [6.07, 6.45) is 0. The first-order valence-electron chi connectivity index (χ1n) is 2.82. The molecule has 2 amide bonds. The van der Waals surface area contributed by atoms with Crippen LogP contribution in [0, 0.1) is 5.41 Å². The fourth-order valence-electron chi connectivity index (χ4n) is 0.329. The molecule has 0 fully saturated rings. The van der Waals surface area contributed by atoms with Crippen molar-refractivity contribution in [2.24, 2.45) is 5.73 Å². The van der Waals surface area contributed by atoms with Crippen LogP contribution in [0.5, 0.6) is 0 Å². The van der Waals surface area contributed by atoms with E-state index in [4.69, 9.17) is 11.1 Å². The van der Waals surface area contributed by atoms with E-state index in [0.29, 0.717) is 0 Å². The van der Waals surface area contributed by atoms with E-state index in [2.05, 4.69) is 5.32 Å². The van der Waals surface area contributed by atoms with Gasteiger partial charge in [-0.15, -0.1) is 0 Å². The molecule has 0 spiro atoms. The quantitative estimate of drug-likeness (QED) is 0.350. The number of hydrogen-bond donors (Lipinski definition) is 3. The third-order valence-corrected chi connectivity index (χ3v) is 0.836. The Balaban J connectivity index is 3.50. The maximum atomic E-state index is 10.7. The molecule has 0 bridgehead atoms. The first kappa shape index (κ1) is 8.74. The van der Waals surface area contributed by atoms with Crippen LogP contribution in [0.3, 0.4) is 0 Å². The molecule has 58 valence electrons. The van der Waals surface area contributed by atoms with Gasteiger partial charge in [-0.05, 0) is 0 Å². The molecule has 0 aromatic rings. The lowest BCUT2D eigenvalue weighted by molar-refractivity contribution is 0.219. The summed E-state index contributed by atoms with van der Waals surface area (Å²) in [6.45, 7) is 0.108. The molecule has 0 aliphatic carbocycles. The average Bonchev–Trinajstić information content (AvgIpc) is 1.82. The molecule has 0 aliphatic rings. The molecule has 10 heavy (non-hydrogen) atoms. The molecule has 0 aromatic heterocycles. The van der Waals surface area contributed by atoms with Crippen molar-refractivity contribution < 1.29 is 4.79 Å². The molecule has 0 saturated carbocycles. The highest BCUT2D eigenvalue weighted by Gasteiger charge is 2.00. The summed E-state index contributed by atoms with van der Waals surface area (Å²) >= 11 is 0. The number of urea groups is 1. The van der Waals surface area contributed by atoms with Gasteiger partial charge >= 0.3 is 6.03 Å². The lowest BCUT2D eigenvalue weighted by Crippen LogP contribution is -2.39. The third-order valence-electron chi connectivity index (χ3n) is 0.836. The number of carbonyl (C=O) groups excluding carboxylic acids is 1. The Labute approximate surface area is 59.7 Å². The smallest absolute Gasteiger partial charge is 0.317 e. The second kappa shape index (κ2) is 3.71. The Hall–Kier alpha value is -1.26. The standard InChI is InChI=1S/C5H12N4O/c1-9(2)5(10)8-3-4(6)7/h3H2,1-2H3,(H3,6,7)(H,8,10). The predicted octanol–water partition coefficient (Wildman–Crippen LogP) is -0.806. The van der Waals surface area contributed by atoms with Gasteiger partial charge in [0.1, 0.15) is 5.84 Å². The lowest BCUT2D eigenvalue weighted by atomic mass is 10.6. The summed E-state index contributed by atoms with van der Waals surface area (Å²) in [7, 11) is 3.24. The zero-order chi connectivity index (χ0) is 8.15. The number of carbonyl (C=O) groups is 1. The van der Waals surface area contributed by atoms with Gasteiger partial charge in [0.05, 0.1) is 6.54 Å². The zero-order valence-electron chi connectivity index (χ0n) is 6.14. The van der Waals surface area contributed by atoms with Crippen molar-refractivity contribution in [3.05, 3.63) is 0 Å². The summed E-state index contributed by atoms with van der Waals surface area (Å²) in [5.41, 5.74) is 4.99. The SMILES string of the molecule is CN(C)C(=O)NCC(=N)N. The van der Waals surface area contributed by atoms with Crippen LogP contribution < -0.4 is 11.1 Å². The van der Waals surface area contributed by atoms with E-state index < -0.39 is 0 Å². The van der Waals surface area contributed by atoms with E-state index in [1.165, 1.54) is 4.90 Å². The first-order valence-corrected chi connectivity index (χ1v) is 2.82. The van der Waals surface area contributed by atoms with Crippen LogP contribution in [0.4, 0.5) is 4.79 Å². The highest BCUT2D eigenvalue weighted by atomic mass is 16.2. The maximum absolute atomic E-state index is 10.7. The molecule has 5 nitrogen and oxygen atoms in total. The van der Waals surface area contributed by atoms with Gasteiger partial charge < -0.3 is 16.0 Å². The molecule has 0 rings (SSSR count). The van der Waals surface area contributed by atoms with Crippen LogP contribution in [0.25, 0.3) is 0 Å². The van der Waals surface area contributed by atoms with Crippen LogP contribution in [0.15, 0.2) is 0 Å². The van der Waals surface area contributed by atoms with Crippen molar-refractivity contribution in [3.63, 3.8) is 0 Å². The molecule has 0 radical (unpaired) electrons.